The van der Waals surface area contributed by atoms with Crippen molar-refractivity contribution in [2.24, 2.45) is 0 Å². The van der Waals surface area contributed by atoms with Gasteiger partial charge in [0.1, 0.15) is 5.69 Å². The first-order valence-corrected chi connectivity index (χ1v) is 4.22. The highest BCUT2D eigenvalue weighted by atomic mass is 16.4. The van der Waals surface area contributed by atoms with Crippen molar-refractivity contribution >= 4 is 11.9 Å². The third-order valence-corrected chi connectivity index (χ3v) is 1.84. The third kappa shape index (κ3) is 2.62. The van der Waals surface area contributed by atoms with Gasteiger partial charge in [-0.3, -0.25) is 9.59 Å². The summed E-state index contributed by atoms with van der Waals surface area (Å²) in [5, 5.41) is 8.43. The fourth-order valence-corrected chi connectivity index (χ4v) is 1.03. The molecule has 0 radical (unpaired) electrons. The van der Waals surface area contributed by atoms with Crippen LogP contribution < -0.4 is 0 Å². The number of aromatic amines is 1. The van der Waals surface area contributed by atoms with Crippen molar-refractivity contribution in [3.63, 3.8) is 0 Å². The summed E-state index contributed by atoms with van der Waals surface area (Å²) in [6.07, 6.45) is 1.61. The smallest absolute Gasteiger partial charge is 0.305 e. The Kier molecular flexibility index (Phi) is 3.28. The van der Waals surface area contributed by atoms with E-state index in [1.165, 1.54) is 4.90 Å². The largest absolute Gasteiger partial charge is 0.481 e. The van der Waals surface area contributed by atoms with E-state index >= 15 is 0 Å². The van der Waals surface area contributed by atoms with Crippen molar-refractivity contribution in [3.05, 3.63) is 24.0 Å². The number of aliphatic carboxylic acids is 1. The van der Waals surface area contributed by atoms with Crippen LogP contribution in [0.25, 0.3) is 0 Å². The molecular weight excluding hydrogens is 184 g/mol. The van der Waals surface area contributed by atoms with Gasteiger partial charge in [-0.2, -0.15) is 0 Å². The molecule has 0 aliphatic rings. The van der Waals surface area contributed by atoms with E-state index in [0.29, 0.717) is 5.69 Å². The Morgan fingerprint density at radius 3 is 2.79 bits per heavy atom. The molecule has 2 N–H and O–H groups in total. The van der Waals surface area contributed by atoms with Gasteiger partial charge in [-0.15, -0.1) is 0 Å². The van der Waals surface area contributed by atoms with Gasteiger partial charge in [0.15, 0.2) is 0 Å². The molecule has 0 bridgehead atoms. The second-order valence-corrected chi connectivity index (χ2v) is 2.95. The van der Waals surface area contributed by atoms with Gasteiger partial charge < -0.3 is 15.0 Å². The molecule has 0 aliphatic heterocycles. The van der Waals surface area contributed by atoms with Gasteiger partial charge in [-0.05, 0) is 12.1 Å². The molecule has 0 spiro atoms. The zero-order valence-corrected chi connectivity index (χ0v) is 7.86. The molecule has 0 saturated heterocycles. The van der Waals surface area contributed by atoms with Crippen LogP contribution in [-0.4, -0.2) is 40.5 Å². The first-order chi connectivity index (χ1) is 6.61. The van der Waals surface area contributed by atoms with Gasteiger partial charge in [0, 0.05) is 19.8 Å². The number of aromatic nitrogens is 1. The van der Waals surface area contributed by atoms with E-state index < -0.39 is 5.97 Å². The molecule has 0 atom stereocenters. The van der Waals surface area contributed by atoms with Crippen LogP contribution in [0.4, 0.5) is 0 Å². The van der Waals surface area contributed by atoms with Crippen LogP contribution in [-0.2, 0) is 4.79 Å². The average molecular weight is 196 g/mol. The molecule has 5 nitrogen and oxygen atoms in total. The number of carbonyl (C=O) groups is 2. The molecule has 5 heteroatoms. The molecule has 1 aromatic rings. The highest BCUT2D eigenvalue weighted by molar-refractivity contribution is 5.92. The number of carboxylic acid groups (broad SMARTS) is 1. The summed E-state index contributed by atoms with van der Waals surface area (Å²) in [5.74, 6) is -1.10. The van der Waals surface area contributed by atoms with Gasteiger partial charge in [0.2, 0.25) is 0 Å². The Morgan fingerprint density at radius 2 is 2.29 bits per heavy atom. The first kappa shape index (κ1) is 10.3. The van der Waals surface area contributed by atoms with Gasteiger partial charge in [-0.1, -0.05) is 0 Å². The number of carboxylic acids is 1. The molecule has 0 saturated carbocycles. The first-order valence-electron chi connectivity index (χ1n) is 4.22. The summed E-state index contributed by atoms with van der Waals surface area (Å²) in [6.45, 7) is 0.215. The van der Waals surface area contributed by atoms with Crippen LogP contribution in [0.15, 0.2) is 18.3 Å². The lowest BCUT2D eigenvalue weighted by molar-refractivity contribution is -0.137. The van der Waals surface area contributed by atoms with E-state index in [0.717, 1.165) is 0 Å². The molecule has 1 aromatic heterocycles. The molecule has 0 unspecified atom stereocenters. The summed E-state index contributed by atoms with van der Waals surface area (Å²) in [7, 11) is 1.58. The highest BCUT2D eigenvalue weighted by Crippen LogP contribution is 2.00. The van der Waals surface area contributed by atoms with Crippen molar-refractivity contribution in [1.82, 2.24) is 9.88 Å². The maximum absolute atomic E-state index is 11.5. The summed E-state index contributed by atoms with van der Waals surface area (Å²) >= 11 is 0. The Labute approximate surface area is 81.3 Å². The van der Waals surface area contributed by atoms with Crippen LogP contribution >= 0.6 is 0 Å². The van der Waals surface area contributed by atoms with Gasteiger partial charge in [0.05, 0.1) is 6.42 Å². The molecule has 0 aliphatic carbocycles. The monoisotopic (exact) mass is 196 g/mol. The van der Waals surface area contributed by atoms with Crippen molar-refractivity contribution in [3.8, 4) is 0 Å². The minimum absolute atomic E-state index is 0.0387. The Hall–Kier alpha value is -1.78. The van der Waals surface area contributed by atoms with E-state index in [1.54, 1.807) is 25.4 Å². The number of rotatable bonds is 4. The van der Waals surface area contributed by atoms with Crippen molar-refractivity contribution in [2.75, 3.05) is 13.6 Å². The Morgan fingerprint density at radius 1 is 1.57 bits per heavy atom. The molecular formula is C9H12N2O3. The SMILES string of the molecule is CN(CCC(=O)O)C(=O)c1ccc[nH]1. The average Bonchev–Trinajstić information content (AvgIpc) is 2.65. The predicted molar refractivity (Wildman–Crippen MR) is 50.0 cm³/mol. The number of carbonyl (C=O) groups excluding carboxylic acids is 1. The van der Waals surface area contributed by atoms with Gasteiger partial charge in [0.25, 0.3) is 5.91 Å². The fourth-order valence-electron chi connectivity index (χ4n) is 1.03. The van der Waals surface area contributed by atoms with E-state index in [4.69, 9.17) is 5.11 Å². The van der Waals surface area contributed by atoms with Crippen LogP contribution in [0.3, 0.4) is 0 Å². The van der Waals surface area contributed by atoms with Crippen molar-refractivity contribution < 1.29 is 14.7 Å². The lowest BCUT2D eigenvalue weighted by Gasteiger charge is -2.14. The molecule has 14 heavy (non-hydrogen) atoms. The van der Waals surface area contributed by atoms with Crippen molar-refractivity contribution in [2.45, 2.75) is 6.42 Å². The maximum Gasteiger partial charge on any atom is 0.305 e. The minimum Gasteiger partial charge on any atom is -0.481 e. The van der Waals surface area contributed by atoms with Crippen LogP contribution in [0.5, 0.6) is 0 Å². The second kappa shape index (κ2) is 4.45. The second-order valence-electron chi connectivity index (χ2n) is 2.95. The number of hydrogen-bond acceptors (Lipinski definition) is 2. The zero-order valence-electron chi connectivity index (χ0n) is 7.86. The number of H-pyrrole nitrogens is 1. The summed E-state index contributed by atoms with van der Waals surface area (Å²) in [4.78, 5) is 25.9. The van der Waals surface area contributed by atoms with Gasteiger partial charge >= 0.3 is 5.97 Å². The Bertz CT molecular complexity index is 319. The molecule has 1 heterocycles. The molecule has 76 valence electrons. The number of amides is 1. The zero-order chi connectivity index (χ0) is 10.6. The lowest BCUT2D eigenvalue weighted by atomic mass is 10.3. The lowest BCUT2D eigenvalue weighted by Crippen LogP contribution is -2.29. The Balaban J connectivity index is 2.49. The topological polar surface area (TPSA) is 73.4 Å². The number of hydrogen-bond donors (Lipinski definition) is 2. The van der Waals surface area contributed by atoms with E-state index in [-0.39, 0.29) is 18.9 Å². The predicted octanol–water partition coefficient (Wildman–Crippen LogP) is 0.561. The summed E-state index contributed by atoms with van der Waals surface area (Å²) in [5.41, 5.74) is 0.470. The summed E-state index contributed by atoms with van der Waals surface area (Å²) < 4.78 is 0. The summed E-state index contributed by atoms with van der Waals surface area (Å²) in [6, 6.07) is 3.37. The van der Waals surface area contributed by atoms with Crippen LogP contribution in [0, 0.1) is 0 Å². The van der Waals surface area contributed by atoms with E-state index in [2.05, 4.69) is 4.98 Å². The van der Waals surface area contributed by atoms with E-state index in [9.17, 15) is 9.59 Å². The molecule has 0 fully saturated rings. The quantitative estimate of drug-likeness (QED) is 0.739. The standard InChI is InChI=1S/C9H12N2O3/c1-11(6-4-8(12)13)9(14)7-3-2-5-10-7/h2-3,5,10H,4,6H2,1H3,(H,12,13). The highest BCUT2D eigenvalue weighted by Gasteiger charge is 2.12. The van der Waals surface area contributed by atoms with Crippen LogP contribution in [0.1, 0.15) is 16.9 Å². The van der Waals surface area contributed by atoms with Crippen molar-refractivity contribution in [1.29, 1.82) is 0 Å². The molecule has 0 aromatic carbocycles. The fraction of sp³-hybridized carbons (Fsp3) is 0.333. The molecule has 1 amide bonds. The third-order valence-electron chi connectivity index (χ3n) is 1.84. The van der Waals surface area contributed by atoms with E-state index in [1.807, 2.05) is 0 Å². The normalized spacial score (nSPS) is 9.79. The molecule has 1 rings (SSSR count). The van der Waals surface area contributed by atoms with Gasteiger partial charge in [-0.25, -0.2) is 0 Å². The minimum atomic E-state index is -0.906. The number of nitrogens with one attached hydrogen (secondary N) is 1. The van der Waals surface area contributed by atoms with Crippen LogP contribution in [0.2, 0.25) is 0 Å². The maximum atomic E-state index is 11.5. The number of nitrogens with zero attached hydrogens (tertiary/aromatic N) is 1.